The summed E-state index contributed by atoms with van der Waals surface area (Å²) in [4.78, 5) is 11.2. The molecule has 0 atom stereocenters. The molecule has 17 heavy (non-hydrogen) atoms. The molecule has 0 aliphatic heterocycles. The lowest BCUT2D eigenvalue weighted by molar-refractivity contribution is -0.539. The molecule has 0 radical (unpaired) electrons. The molecule has 90 valence electrons. The van der Waals surface area contributed by atoms with Gasteiger partial charge in [-0.15, -0.1) is 0 Å². The van der Waals surface area contributed by atoms with Crippen LogP contribution in [0.1, 0.15) is 19.5 Å². The highest BCUT2D eigenvalue weighted by atomic mass is 16.7. The number of nitrogens with zero attached hydrogens (tertiary/aromatic N) is 2. The summed E-state index contributed by atoms with van der Waals surface area (Å²) in [5, 5.41) is 11.7. The Morgan fingerprint density at radius 3 is 2.65 bits per heavy atom. The fourth-order valence-corrected chi connectivity index (χ4v) is 1.90. The number of nitro groups is 1. The lowest BCUT2D eigenvalue weighted by Gasteiger charge is -2.20. The molecule has 5 heteroatoms. The summed E-state index contributed by atoms with van der Waals surface area (Å²) >= 11 is 0. The fourth-order valence-electron chi connectivity index (χ4n) is 1.90. The van der Waals surface area contributed by atoms with Crippen LogP contribution in [0.15, 0.2) is 30.3 Å². The summed E-state index contributed by atoms with van der Waals surface area (Å²) < 4.78 is 1.13. The largest absolute Gasteiger partial charge is 0.330 e. The van der Waals surface area contributed by atoms with Crippen molar-refractivity contribution in [2.24, 2.45) is 5.73 Å². The van der Waals surface area contributed by atoms with Crippen LogP contribution < -0.4 is 5.73 Å². The minimum Gasteiger partial charge on any atom is -0.330 e. The van der Waals surface area contributed by atoms with Crippen molar-refractivity contribution >= 4 is 10.9 Å². The monoisotopic (exact) mass is 233 g/mol. The SMILES string of the molecule is CC(C)(CN)c1cc2ccccc2n1[N+](=O)[O-]. The maximum Gasteiger partial charge on any atom is 0.169 e. The Bertz CT molecular complexity index is 572. The summed E-state index contributed by atoms with van der Waals surface area (Å²) in [5.41, 5.74) is 6.51. The van der Waals surface area contributed by atoms with Gasteiger partial charge in [0, 0.05) is 17.3 Å². The van der Waals surface area contributed by atoms with Crippen molar-refractivity contribution in [3.05, 3.63) is 46.1 Å². The second-order valence-electron chi connectivity index (χ2n) is 4.73. The molecule has 2 rings (SSSR count). The lowest BCUT2D eigenvalue weighted by Crippen LogP contribution is -2.32. The van der Waals surface area contributed by atoms with Gasteiger partial charge in [-0.25, -0.2) is 10.1 Å². The quantitative estimate of drug-likeness (QED) is 0.650. The van der Waals surface area contributed by atoms with E-state index in [9.17, 15) is 10.1 Å². The average molecular weight is 233 g/mol. The van der Waals surface area contributed by atoms with Gasteiger partial charge >= 0.3 is 0 Å². The first-order valence-corrected chi connectivity index (χ1v) is 5.43. The molecule has 0 fully saturated rings. The van der Waals surface area contributed by atoms with Crippen molar-refractivity contribution in [2.45, 2.75) is 19.3 Å². The third-order valence-corrected chi connectivity index (χ3v) is 3.05. The van der Waals surface area contributed by atoms with Gasteiger partial charge < -0.3 is 5.73 Å². The van der Waals surface area contributed by atoms with Crippen LogP contribution in [0.3, 0.4) is 0 Å². The molecule has 0 aliphatic rings. The maximum atomic E-state index is 11.2. The topological polar surface area (TPSA) is 74.1 Å². The van der Waals surface area contributed by atoms with E-state index >= 15 is 0 Å². The first-order valence-electron chi connectivity index (χ1n) is 5.43. The highest BCUT2D eigenvalue weighted by Gasteiger charge is 2.29. The minimum atomic E-state index is -0.425. The van der Waals surface area contributed by atoms with E-state index in [1.54, 1.807) is 12.1 Å². The molecule has 1 aromatic heterocycles. The Morgan fingerprint density at radius 1 is 1.41 bits per heavy atom. The average Bonchev–Trinajstić information content (AvgIpc) is 2.68. The second kappa shape index (κ2) is 3.85. The molecule has 0 unspecified atom stereocenters. The Labute approximate surface area is 99.0 Å². The molecule has 1 heterocycles. The van der Waals surface area contributed by atoms with E-state index in [0.29, 0.717) is 17.8 Å². The highest BCUT2D eigenvalue weighted by molar-refractivity contribution is 5.81. The number of para-hydroxylation sites is 1. The van der Waals surface area contributed by atoms with Crippen molar-refractivity contribution in [3.63, 3.8) is 0 Å². The molecule has 5 nitrogen and oxygen atoms in total. The smallest absolute Gasteiger partial charge is 0.169 e. The van der Waals surface area contributed by atoms with Crippen LogP contribution in [-0.4, -0.2) is 16.3 Å². The Balaban J connectivity index is 2.79. The van der Waals surface area contributed by atoms with Gasteiger partial charge in [-0.3, -0.25) is 0 Å². The molecule has 2 aromatic rings. The minimum absolute atomic E-state index is 0.358. The number of aromatic nitrogens is 1. The number of nitrogens with two attached hydrogens (primary N) is 1. The summed E-state index contributed by atoms with van der Waals surface area (Å²) in [5.74, 6) is 0. The standard InChI is InChI=1S/C12H15N3O2/c1-12(2,8-13)11-7-9-5-3-4-6-10(9)14(11)15(16)17/h3-7H,8,13H2,1-2H3. The van der Waals surface area contributed by atoms with Gasteiger partial charge in [-0.1, -0.05) is 36.7 Å². The fraction of sp³-hybridized carbons (Fsp3) is 0.333. The summed E-state index contributed by atoms with van der Waals surface area (Å²) in [6.45, 7) is 4.17. The van der Waals surface area contributed by atoms with Crippen molar-refractivity contribution in [3.8, 4) is 0 Å². The number of benzene rings is 1. The van der Waals surface area contributed by atoms with E-state index in [1.165, 1.54) is 0 Å². The van der Waals surface area contributed by atoms with Gasteiger partial charge in [-0.05, 0) is 12.1 Å². The van der Waals surface area contributed by atoms with Crippen LogP contribution >= 0.6 is 0 Å². The first-order chi connectivity index (χ1) is 7.97. The van der Waals surface area contributed by atoms with Crippen LogP contribution in [0.25, 0.3) is 10.9 Å². The van der Waals surface area contributed by atoms with Crippen LogP contribution in [0.5, 0.6) is 0 Å². The Morgan fingerprint density at radius 2 is 2.06 bits per heavy atom. The third kappa shape index (κ3) is 1.78. The molecule has 0 aliphatic carbocycles. The van der Waals surface area contributed by atoms with Crippen LogP contribution in [0.4, 0.5) is 0 Å². The number of hydrogen-bond acceptors (Lipinski definition) is 3. The summed E-state index contributed by atoms with van der Waals surface area (Å²) in [6.07, 6.45) is 0. The predicted octanol–water partition coefficient (Wildman–Crippen LogP) is 1.92. The summed E-state index contributed by atoms with van der Waals surface area (Å²) in [7, 11) is 0. The van der Waals surface area contributed by atoms with E-state index in [0.717, 1.165) is 10.1 Å². The van der Waals surface area contributed by atoms with E-state index in [2.05, 4.69) is 0 Å². The van der Waals surface area contributed by atoms with Gasteiger partial charge in [0.25, 0.3) is 0 Å². The van der Waals surface area contributed by atoms with Gasteiger partial charge in [0.05, 0.1) is 5.69 Å². The molecule has 0 saturated heterocycles. The normalized spacial score (nSPS) is 11.9. The van der Waals surface area contributed by atoms with E-state index in [4.69, 9.17) is 5.73 Å². The van der Waals surface area contributed by atoms with Crippen LogP contribution in [0.2, 0.25) is 0 Å². The van der Waals surface area contributed by atoms with E-state index < -0.39 is 10.4 Å². The van der Waals surface area contributed by atoms with Gasteiger partial charge in [0.1, 0.15) is 5.52 Å². The molecule has 0 spiro atoms. The molecule has 0 amide bonds. The zero-order chi connectivity index (χ0) is 12.6. The Kier molecular flexibility index (Phi) is 2.63. The molecule has 1 aromatic carbocycles. The molecule has 0 bridgehead atoms. The zero-order valence-electron chi connectivity index (χ0n) is 9.88. The van der Waals surface area contributed by atoms with Crippen LogP contribution in [-0.2, 0) is 5.41 Å². The number of hydrogen-bond donors (Lipinski definition) is 1. The zero-order valence-corrected chi connectivity index (χ0v) is 9.88. The number of rotatable bonds is 3. The van der Waals surface area contributed by atoms with Gasteiger partial charge in [-0.2, -0.15) is 0 Å². The molecular weight excluding hydrogens is 218 g/mol. The predicted molar refractivity (Wildman–Crippen MR) is 66.4 cm³/mol. The van der Waals surface area contributed by atoms with Gasteiger partial charge in [0.2, 0.25) is 0 Å². The highest BCUT2D eigenvalue weighted by Crippen LogP contribution is 2.28. The molecule has 2 N–H and O–H groups in total. The maximum absolute atomic E-state index is 11.2. The van der Waals surface area contributed by atoms with E-state index in [-0.39, 0.29) is 0 Å². The Hall–Kier alpha value is -1.88. The number of fused-ring (bicyclic) bond motifs is 1. The van der Waals surface area contributed by atoms with Crippen molar-refractivity contribution < 1.29 is 5.03 Å². The van der Waals surface area contributed by atoms with E-state index in [1.807, 2.05) is 32.0 Å². The van der Waals surface area contributed by atoms with Crippen LogP contribution in [0, 0.1) is 10.1 Å². The van der Waals surface area contributed by atoms with Crippen molar-refractivity contribution in [1.82, 2.24) is 4.68 Å². The first kappa shape index (κ1) is 11.6. The lowest BCUT2D eigenvalue weighted by atomic mass is 9.89. The third-order valence-electron chi connectivity index (χ3n) is 3.05. The van der Waals surface area contributed by atoms with Crippen molar-refractivity contribution in [1.29, 1.82) is 0 Å². The summed E-state index contributed by atoms with van der Waals surface area (Å²) in [6, 6.07) is 9.11. The second-order valence-corrected chi connectivity index (χ2v) is 4.73. The van der Waals surface area contributed by atoms with Gasteiger partial charge in [0.15, 0.2) is 5.03 Å². The van der Waals surface area contributed by atoms with Crippen molar-refractivity contribution in [2.75, 3.05) is 6.54 Å². The molecular formula is C12H15N3O2. The molecule has 0 saturated carbocycles.